The molecule has 2 heterocycles. The molecule has 0 spiro atoms. The first kappa shape index (κ1) is 20.6. The molecule has 2 aliphatic rings. The highest BCUT2D eigenvalue weighted by atomic mass is 16.2. The van der Waals surface area contributed by atoms with Crippen molar-refractivity contribution in [3.05, 3.63) is 0 Å². The number of hydrogen-bond acceptors (Lipinski definition) is 5. The van der Waals surface area contributed by atoms with E-state index in [1.807, 2.05) is 0 Å². The lowest BCUT2D eigenvalue weighted by atomic mass is 10.0. The molecule has 2 rings (SSSR count). The number of amides is 3. The smallest absolute Gasteiger partial charge is 0.240 e. The first-order valence-corrected chi connectivity index (χ1v) is 9.66. The van der Waals surface area contributed by atoms with Gasteiger partial charge in [-0.25, -0.2) is 0 Å². The Morgan fingerprint density at radius 1 is 1.15 bits per heavy atom. The van der Waals surface area contributed by atoms with Gasteiger partial charge in [-0.3, -0.25) is 14.4 Å². The normalized spacial score (nSPS) is 24.8. The van der Waals surface area contributed by atoms with Crippen LogP contribution in [-0.2, 0) is 14.4 Å². The summed E-state index contributed by atoms with van der Waals surface area (Å²) in [6.07, 6.45) is 3.92. The van der Waals surface area contributed by atoms with Gasteiger partial charge in [0.1, 0.15) is 6.04 Å². The zero-order valence-corrected chi connectivity index (χ0v) is 15.9. The first-order valence-electron chi connectivity index (χ1n) is 9.66. The molecular weight excluding hydrogens is 334 g/mol. The second-order valence-corrected chi connectivity index (χ2v) is 7.89. The largest absolute Gasteiger partial charge is 0.368 e. The number of hydrogen-bond donors (Lipinski definition) is 3. The Hall–Kier alpha value is -1.67. The molecule has 5 N–H and O–H groups in total. The van der Waals surface area contributed by atoms with Crippen molar-refractivity contribution in [2.45, 2.75) is 64.1 Å². The Balaban J connectivity index is 1.82. The molecule has 0 aromatic heterocycles. The lowest BCUT2D eigenvalue weighted by Crippen LogP contribution is -2.54. The number of carbonyl (C=O) groups excluding carboxylic acids is 3. The zero-order valence-electron chi connectivity index (χ0n) is 15.9. The molecule has 8 nitrogen and oxygen atoms in total. The number of nitrogens with zero attached hydrogens (tertiary/aromatic N) is 2. The summed E-state index contributed by atoms with van der Waals surface area (Å²) >= 11 is 0. The standard InChI is InChI=1S/C18H33N5O3/c1-12(2)9-14(19)18(26)22-7-3-5-13(11-22)21-10-16(24)23-8-4-6-15(23)17(20)25/h12-15,21H,3-11,19H2,1-2H3,(H2,20,25)/t13-,14-,15-/m0/s1. The van der Waals surface area contributed by atoms with Crippen LogP contribution in [0.5, 0.6) is 0 Å². The van der Waals surface area contributed by atoms with Gasteiger partial charge in [-0.15, -0.1) is 0 Å². The number of nitrogens with two attached hydrogens (primary N) is 2. The molecule has 0 unspecified atom stereocenters. The van der Waals surface area contributed by atoms with Crippen molar-refractivity contribution in [2.75, 3.05) is 26.2 Å². The van der Waals surface area contributed by atoms with E-state index in [4.69, 9.17) is 11.5 Å². The van der Waals surface area contributed by atoms with Crippen LogP contribution in [0.4, 0.5) is 0 Å². The molecule has 3 amide bonds. The Bertz CT molecular complexity index is 525. The molecule has 2 fully saturated rings. The van der Waals surface area contributed by atoms with E-state index in [0.717, 1.165) is 19.3 Å². The molecule has 148 valence electrons. The number of piperidine rings is 1. The summed E-state index contributed by atoms with van der Waals surface area (Å²) < 4.78 is 0. The third-order valence-electron chi connectivity index (χ3n) is 5.22. The predicted octanol–water partition coefficient (Wildman–Crippen LogP) is -0.583. The SMILES string of the molecule is CC(C)C[C@H](N)C(=O)N1CCC[C@H](NCC(=O)N2CCC[C@H]2C(N)=O)C1. The molecule has 8 heteroatoms. The maximum absolute atomic E-state index is 12.5. The van der Waals surface area contributed by atoms with Crippen LogP contribution in [-0.4, -0.2) is 71.8 Å². The number of likely N-dealkylation sites (tertiary alicyclic amines) is 2. The van der Waals surface area contributed by atoms with Crippen LogP contribution in [0.1, 0.15) is 46.0 Å². The van der Waals surface area contributed by atoms with Crippen LogP contribution in [0.15, 0.2) is 0 Å². The number of nitrogens with one attached hydrogen (secondary N) is 1. The van der Waals surface area contributed by atoms with Gasteiger partial charge < -0.3 is 26.6 Å². The fourth-order valence-corrected chi connectivity index (χ4v) is 3.88. The van der Waals surface area contributed by atoms with Gasteiger partial charge in [0.05, 0.1) is 12.6 Å². The summed E-state index contributed by atoms with van der Waals surface area (Å²) in [5.74, 6) is -0.176. The number of primary amides is 1. The summed E-state index contributed by atoms with van der Waals surface area (Å²) in [5.41, 5.74) is 11.4. The lowest BCUT2D eigenvalue weighted by Gasteiger charge is -2.35. The van der Waals surface area contributed by atoms with Crippen LogP contribution in [0, 0.1) is 5.92 Å². The fourth-order valence-electron chi connectivity index (χ4n) is 3.88. The van der Waals surface area contributed by atoms with E-state index < -0.39 is 18.0 Å². The van der Waals surface area contributed by atoms with Crippen molar-refractivity contribution in [1.82, 2.24) is 15.1 Å². The Morgan fingerprint density at radius 2 is 1.85 bits per heavy atom. The maximum Gasteiger partial charge on any atom is 0.240 e. The minimum atomic E-state index is -0.484. The molecule has 26 heavy (non-hydrogen) atoms. The molecule has 0 aromatic rings. The van der Waals surface area contributed by atoms with Gasteiger partial charge in [0, 0.05) is 25.7 Å². The van der Waals surface area contributed by atoms with Crippen molar-refractivity contribution in [3.63, 3.8) is 0 Å². The molecular formula is C18H33N5O3. The summed E-state index contributed by atoms with van der Waals surface area (Å²) in [7, 11) is 0. The fraction of sp³-hybridized carbons (Fsp3) is 0.833. The molecule has 3 atom stereocenters. The van der Waals surface area contributed by atoms with Crippen LogP contribution >= 0.6 is 0 Å². The van der Waals surface area contributed by atoms with E-state index in [2.05, 4.69) is 19.2 Å². The van der Waals surface area contributed by atoms with E-state index in [1.54, 1.807) is 9.80 Å². The van der Waals surface area contributed by atoms with Gasteiger partial charge in [-0.1, -0.05) is 13.8 Å². The molecule has 0 bridgehead atoms. The van der Waals surface area contributed by atoms with Gasteiger partial charge in [0.2, 0.25) is 17.7 Å². The molecule has 2 saturated heterocycles. The lowest BCUT2D eigenvalue weighted by molar-refractivity contribution is -0.137. The minimum Gasteiger partial charge on any atom is -0.368 e. The molecule has 0 saturated carbocycles. The van der Waals surface area contributed by atoms with Gasteiger partial charge in [-0.05, 0) is 38.0 Å². The topological polar surface area (TPSA) is 122 Å². The van der Waals surface area contributed by atoms with Crippen LogP contribution in [0.3, 0.4) is 0 Å². The van der Waals surface area contributed by atoms with E-state index in [1.165, 1.54) is 0 Å². The Kier molecular flexibility index (Phi) is 7.40. The monoisotopic (exact) mass is 367 g/mol. The minimum absolute atomic E-state index is 0.00939. The molecule has 0 aliphatic carbocycles. The number of carbonyl (C=O) groups is 3. The summed E-state index contributed by atoms with van der Waals surface area (Å²) in [6.45, 7) is 6.12. The predicted molar refractivity (Wildman–Crippen MR) is 99.0 cm³/mol. The van der Waals surface area contributed by atoms with Gasteiger partial charge in [0.15, 0.2) is 0 Å². The highest BCUT2D eigenvalue weighted by Gasteiger charge is 2.33. The maximum atomic E-state index is 12.5. The van der Waals surface area contributed by atoms with E-state index >= 15 is 0 Å². The van der Waals surface area contributed by atoms with Gasteiger partial charge in [-0.2, -0.15) is 0 Å². The van der Waals surface area contributed by atoms with Crippen molar-refractivity contribution in [1.29, 1.82) is 0 Å². The van der Waals surface area contributed by atoms with Crippen molar-refractivity contribution in [2.24, 2.45) is 17.4 Å². The average Bonchev–Trinajstić information content (AvgIpc) is 3.08. The Morgan fingerprint density at radius 3 is 2.50 bits per heavy atom. The van der Waals surface area contributed by atoms with Gasteiger partial charge in [0.25, 0.3) is 0 Å². The second kappa shape index (κ2) is 9.32. The third-order valence-corrected chi connectivity index (χ3v) is 5.22. The zero-order chi connectivity index (χ0) is 19.3. The quantitative estimate of drug-likeness (QED) is 0.556. The van der Waals surface area contributed by atoms with Crippen LogP contribution < -0.4 is 16.8 Å². The second-order valence-electron chi connectivity index (χ2n) is 7.89. The highest BCUT2D eigenvalue weighted by molar-refractivity contribution is 5.88. The van der Waals surface area contributed by atoms with Crippen LogP contribution in [0.2, 0.25) is 0 Å². The summed E-state index contributed by atoms with van der Waals surface area (Å²) in [6, 6.07) is -0.878. The third kappa shape index (κ3) is 5.41. The van der Waals surface area contributed by atoms with E-state index in [-0.39, 0.29) is 24.4 Å². The molecule has 0 aromatic carbocycles. The first-order chi connectivity index (χ1) is 12.3. The summed E-state index contributed by atoms with van der Waals surface area (Å²) in [5, 5.41) is 3.24. The van der Waals surface area contributed by atoms with Crippen LogP contribution in [0.25, 0.3) is 0 Å². The molecule has 0 radical (unpaired) electrons. The van der Waals surface area contributed by atoms with E-state index in [0.29, 0.717) is 38.4 Å². The highest BCUT2D eigenvalue weighted by Crippen LogP contribution is 2.17. The van der Waals surface area contributed by atoms with Gasteiger partial charge >= 0.3 is 0 Å². The van der Waals surface area contributed by atoms with Crippen molar-refractivity contribution < 1.29 is 14.4 Å². The van der Waals surface area contributed by atoms with Crippen molar-refractivity contribution >= 4 is 17.7 Å². The van der Waals surface area contributed by atoms with Crippen molar-refractivity contribution in [3.8, 4) is 0 Å². The van der Waals surface area contributed by atoms with E-state index in [9.17, 15) is 14.4 Å². The molecule has 2 aliphatic heterocycles. The number of rotatable bonds is 7. The Labute approximate surface area is 155 Å². The average molecular weight is 367 g/mol. The summed E-state index contributed by atoms with van der Waals surface area (Å²) in [4.78, 5) is 39.7.